The van der Waals surface area contributed by atoms with Crippen molar-refractivity contribution in [1.29, 1.82) is 5.39 Å². The van der Waals surface area contributed by atoms with Gasteiger partial charge in [0, 0.05) is 6.07 Å². The summed E-state index contributed by atoms with van der Waals surface area (Å²) < 4.78 is 0. The minimum atomic E-state index is -0.135. The van der Waals surface area contributed by atoms with E-state index in [1.165, 1.54) is 12.1 Å². The molecular weight excluding hydrogens is 187 g/mol. The maximum Gasteiger partial charge on any atom is 0.405 e. The van der Waals surface area contributed by atoms with Crippen LogP contribution < -0.4 is 0 Å². The third-order valence-corrected chi connectivity index (χ3v) is 2.01. The lowest BCUT2D eigenvalue weighted by Crippen LogP contribution is -1.70. The molecule has 0 saturated carbocycles. The standard InChI is InChI=1S/C6H2Cl2N2O/c7-5-3(10-9)1-2-4(11)6(5)8/h1-2H/p+1. The van der Waals surface area contributed by atoms with Crippen molar-refractivity contribution in [2.24, 2.45) is 0 Å². The number of diazo groups is 1. The lowest BCUT2D eigenvalue weighted by Gasteiger charge is -1.93. The summed E-state index contributed by atoms with van der Waals surface area (Å²) in [6.45, 7) is 0. The quantitative estimate of drug-likeness (QED) is 0.638. The van der Waals surface area contributed by atoms with E-state index < -0.39 is 0 Å². The van der Waals surface area contributed by atoms with Crippen molar-refractivity contribution in [2.75, 3.05) is 0 Å². The number of halogens is 2. The Kier molecular flexibility index (Phi) is 2.18. The van der Waals surface area contributed by atoms with Gasteiger partial charge in [-0.3, -0.25) is 0 Å². The molecule has 0 bridgehead atoms. The van der Waals surface area contributed by atoms with Gasteiger partial charge in [0.05, 0.1) is 0 Å². The van der Waals surface area contributed by atoms with Crippen LogP contribution in [0.1, 0.15) is 0 Å². The van der Waals surface area contributed by atoms with Crippen LogP contribution in [0, 0.1) is 5.39 Å². The fourth-order valence-electron chi connectivity index (χ4n) is 0.606. The zero-order chi connectivity index (χ0) is 8.43. The molecule has 0 aliphatic rings. The van der Waals surface area contributed by atoms with Gasteiger partial charge in [-0.2, -0.15) is 0 Å². The van der Waals surface area contributed by atoms with E-state index in [1.807, 2.05) is 0 Å². The molecule has 0 unspecified atom stereocenters. The van der Waals surface area contributed by atoms with Gasteiger partial charge in [-0.1, -0.05) is 23.2 Å². The first-order chi connectivity index (χ1) is 5.16. The number of hydrogen-bond donors (Lipinski definition) is 1. The number of benzene rings is 1. The number of nitrogens with zero attached hydrogens (tertiary/aromatic N) is 2. The Labute approximate surface area is 72.8 Å². The Bertz CT molecular complexity index is 332. The van der Waals surface area contributed by atoms with E-state index in [4.69, 9.17) is 33.7 Å². The molecule has 1 N–H and O–H groups in total. The maximum atomic E-state index is 8.98. The largest absolute Gasteiger partial charge is 0.506 e. The second-order valence-corrected chi connectivity index (χ2v) is 2.59. The van der Waals surface area contributed by atoms with Crippen LogP contribution in [0.2, 0.25) is 10.0 Å². The number of aromatic hydroxyl groups is 1. The van der Waals surface area contributed by atoms with Crippen LogP contribution in [0.3, 0.4) is 0 Å². The van der Waals surface area contributed by atoms with Crippen LogP contribution in [0.4, 0.5) is 5.69 Å². The van der Waals surface area contributed by atoms with Crippen LogP contribution in [-0.2, 0) is 0 Å². The Morgan fingerprint density at radius 3 is 2.45 bits per heavy atom. The fourth-order valence-corrected chi connectivity index (χ4v) is 0.964. The number of phenolic OH excluding ortho intramolecular Hbond substituents is 1. The highest BCUT2D eigenvalue weighted by Crippen LogP contribution is 2.37. The molecule has 1 rings (SSSR count). The summed E-state index contributed by atoms with van der Waals surface area (Å²) in [5, 5.41) is 17.3. The van der Waals surface area contributed by atoms with Crippen LogP contribution in [0.5, 0.6) is 5.75 Å². The van der Waals surface area contributed by atoms with Gasteiger partial charge in [-0.15, -0.1) is 0 Å². The summed E-state index contributed by atoms with van der Waals surface area (Å²) in [6, 6.07) is 2.65. The van der Waals surface area contributed by atoms with Crippen molar-refractivity contribution in [2.45, 2.75) is 0 Å². The highest BCUT2D eigenvalue weighted by molar-refractivity contribution is 6.44. The van der Waals surface area contributed by atoms with E-state index in [2.05, 4.69) is 4.98 Å². The topological polar surface area (TPSA) is 48.4 Å². The zero-order valence-corrected chi connectivity index (χ0v) is 6.76. The average Bonchev–Trinajstić information content (AvgIpc) is 2.01. The third-order valence-electron chi connectivity index (χ3n) is 1.15. The molecule has 0 fully saturated rings. The van der Waals surface area contributed by atoms with Crippen molar-refractivity contribution in [3.05, 3.63) is 27.2 Å². The Morgan fingerprint density at radius 1 is 1.27 bits per heavy atom. The van der Waals surface area contributed by atoms with Crippen LogP contribution >= 0.6 is 23.2 Å². The van der Waals surface area contributed by atoms with Crippen molar-refractivity contribution < 1.29 is 5.11 Å². The van der Waals surface area contributed by atoms with Gasteiger partial charge >= 0.3 is 5.69 Å². The summed E-state index contributed by atoms with van der Waals surface area (Å²) in [4.78, 5) is 2.84. The van der Waals surface area contributed by atoms with Gasteiger partial charge in [0.2, 0.25) is 5.39 Å². The van der Waals surface area contributed by atoms with E-state index in [-0.39, 0.29) is 21.5 Å². The average molecular weight is 190 g/mol. The number of phenols is 1. The molecule has 0 aromatic heterocycles. The van der Waals surface area contributed by atoms with Crippen molar-refractivity contribution in [3.8, 4) is 5.75 Å². The van der Waals surface area contributed by atoms with Gasteiger partial charge in [0.1, 0.15) is 10.8 Å². The van der Waals surface area contributed by atoms with Gasteiger partial charge in [-0.25, -0.2) is 0 Å². The molecule has 0 radical (unpaired) electrons. The molecule has 1 aromatic rings. The fraction of sp³-hybridized carbons (Fsp3) is 0. The van der Waals surface area contributed by atoms with Crippen molar-refractivity contribution in [1.82, 2.24) is 0 Å². The Balaban J connectivity index is 3.40. The van der Waals surface area contributed by atoms with E-state index in [0.717, 1.165) is 0 Å². The lowest BCUT2D eigenvalue weighted by atomic mass is 10.3. The van der Waals surface area contributed by atoms with Crippen molar-refractivity contribution >= 4 is 28.9 Å². The molecule has 0 saturated heterocycles. The molecule has 56 valence electrons. The predicted molar refractivity (Wildman–Crippen MR) is 42.9 cm³/mol. The maximum absolute atomic E-state index is 8.98. The number of rotatable bonds is 0. The second-order valence-electron chi connectivity index (χ2n) is 1.83. The molecule has 0 aliphatic heterocycles. The molecule has 3 nitrogen and oxygen atoms in total. The molecular formula is C6H3Cl2N2O+. The number of hydrogen-bond acceptors (Lipinski definition) is 2. The molecule has 0 amide bonds. The van der Waals surface area contributed by atoms with Crippen LogP contribution in [0.25, 0.3) is 4.98 Å². The summed E-state index contributed by atoms with van der Waals surface area (Å²) in [5.74, 6) is -0.135. The van der Waals surface area contributed by atoms with E-state index in [0.29, 0.717) is 0 Å². The minimum absolute atomic E-state index is 0.0121. The molecule has 0 spiro atoms. The van der Waals surface area contributed by atoms with Crippen LogP contribution in [-0.4, -0.2) is 5.11 Å². The predicted octanol–water partition coefficient (Wildman–Crippen LogP) is 3.18. The summed E-state index contributed by atoms with van der Waals surface area (Å²) >= 11 is 11.1. The molecule has 0 aliphatic carbocycles. The normalized spacial score (nSPS) is 9.18. The van der Waals surface area contributed by atoms with E-state index in [9.17, 15) is 0 Å². The molecule has 0 heterocycles. The molecule has 5 heteroatoms. The van der Waals surface area contributed by atoms with E-state index in [1.54, 1.807) is 0 Å². The molecule has 11 heavy (non-hydrogen) atoms. The monoisotopic (exact) mass is 189 g/mol. The third kappa shape index (κ3) is 1.37. The molecule has 1 aromatic carbocycles. The smallest absolute Gasteiger partial charge is 0.405 e. The van der Waals surface area contributed by atoms with Gasteiger partial charge in [-0.05, 0) is 6.07 Å². The van der Waals surface area contributed by atoms with E-state index >= 15 is 0 Å². The van der Waals surface area contributed by atoms with Gasteiger partial charge < -0.3 is 5.11 Å². The first-order valence-corrected chi connectivity index (χ1v) is 3.44. The Hall–Kier alpha value is -0.980. The highest BCUT2D eigenvalue weighted by Gasteiger charge is 2.17. The lowest BCUT2D eigenvalue weighted by molar-refractivity contribution is 0.476. The summed E-state index contributed by atoms with van der Waals surface area (Å²) in [5.41, 5.74) is 0.134. The first-order valence-electron chi connectivity index (χ1n) is 2.69. The Morgan fingerprint density at radius 2 is 1.91 bits per heavy atom. The second kappa shape index (κ2) is 2.95. The van der Waals surface area contributed by atoms with Gasteiger partial charge in [0.25, 0.3) is 0 Å². The SMILES string of the molecule is N#[N+]c1ccc(O)c(Cl)c1Cl. The first kappa shape index (κ1) is 8.12. The molecule has 0 atom stereocenters. The summed E-state index contributed by atoms with van der Waals surface area (Å²) in [7, 11) is 0. The summed E-state index contributed by atoms with van der Waals surface area (Å²) in [6.07, 6.45) is 0. The zero-order valence-electron chi connectivity index (χ0n) is 5.25. The van der Waals surface area contributed by atoms with Gasteiger partial charge in [0.15, 0.2) is 10.00 Å². The van der Waals surface area contributed by atoms with Crippen molar-refractivity contribution in [3.63, 3.8) is 0 Å². The van der Waals surface area contributed by atoms with Crippen LogP contribution in [0.15, 0.2) is 12.1 Å². The minimum Gasteiger partial charge on any atom is -0.506 e. The highest BCUT2D eigenvalue weighted by atomic mass is 35.5.